The minimum Gasteiger partial charge on any atom is -0.298 e. The maximum Gasteiger partial charge on any atom is 0.291 e. The zero-order valence-electron chi connectivity index (χ0n) is 16.1. The van der Waals surface area contributed by atoms with Crippen molar-refractivity contribution in [3.05, 3.63) is 52.6 Å². The predicted molar refractivity (Wildman–Crippen MR) is 103 cm³/mol. The zero-order chi connectivity index (χ0) is 19.6. The maximum atomic E-state index is 12.9. The molecule has 0 radical (unpaired) electrons. The van der Waals surface area contributed by atoms with Gasteiger partial charge < -0.3 is 0 Å². The molecule has 3 heterocycles. The van der Waals surface area contributed by atoms with Crippen molar-refractivity contribution in [3.8, 4) is 0 Å². The van der Waals surface area contributed by atoms with Gasteiger partial charge in [-0.2, -0.15) is 5.10 Å². The van der Waals surface area contributed by atoms with Crippen LogP contribution < -0.4 is 10.5 Å². The number of hydrogen-bond acceptors (Lipinski definition) is 5. The molecule has 0 unspecified atom stereocenters. The number of carbonyl (C=O) groups excluding carboxylic acids is 1. The summed E-state index contributed by atoms with van der Waals surface area (Å²) in [7, 11) is 1.62. The van der Waals surface area contributed by atoms with Crippen LogP contribution in [0.2, 0.25) is 0 Å². The molecule has 142 valence electrons. The number of nitrogens with zero attached hydrogens (tertiary/aromatic N) is 6. The van der Waals surface area contributed by atoms with E-state index in [1.165, 1.54) is 15.9 Å². The summed E-state index contributed by atoms with van der Waals surface area (Å²) in [4.78, 5) is 34.9. The van der Waals surface area contributed by atoms with E-state index in [0.29, 0.717) is 11.3 Å². The molecule has 0 saturated heterocycles. The second kappa shape index (κ2) is 7.69. The standard InChI is InChI=1S/C19H24N6O2/c1-5-6-14-9-15-19(27)25(22-18(13(2)3)24(15)10-14)11-17(26)23(4)16-7-8-20-12-21-16/h7-10,12-13H,5-6,11H2,1-4H3. The summed E-state index contributed by atoms with van der Waals surface area (Å²) in [5.74, 6) is 1.06. The molecular weight excluding hydrogens is 344 g/mol. The number of anilines is 1. The molecule has 0 atom stereocenters. The van der Waals surface area contributed by atoms with Gasteiger partial charge in [0.2, 0.25) is 5.91 Å². The Morgan fingerprint density at radius 2 is 2.11 bits per heavy atom. The molecule has 3 rings (SSSR count). The molecule has 0 aliphatic rings. The van der Waals surface area contributed by atoms with Crippen molar-refractivity contribution >= 4 is 17.2 Å². The van der Waals surface area contributed by atoms with Gasteiger partial charge in [-0.3, -0.25) is 18.9 Å². The molecule has 0 aromatic carbocycles. The topological polar surface area (TPSA) is 85.4 Å². The van der Waals surface area contributed by atoms with Crippen molar-refractivity contribution in [2.24, 2.45) is 0 Å². The van der Waals surface area contributed by atoms with Crippen LogP contribution in [0.1, 0.15) is 44.5 Å². The lowest BCUT2D eigenvalue weighted by molar-refractivity contribution is -0.119. The van der Waals surface area contributed by atoms with Crippen LogP contribution >= 0.6 is 0 Å². The fourth-order valence-corrected chi connectivity index (χ4v) is 2.99. The Kier molecular flexibility index (Phi) is 5.34. The molecule has 0 spiro atoms. The minimum absolute atomic E-state index is 0.107. The van der Waals surface area contributed by atoms with Gasteiger partial charge in [-0.05, 0) is 24.1 Å². The van der Waals surface area contributed by atoms with Crippen molar-refractivity contribution in [3.63, 3.8) is 0 Å². The number of aryl methyl sites for hydroxylation is 1. The molecule has 3 aromatic rings. The largest absolute Gasteiger partial charge is 0.298 e. The first-order chi connectivity index (χ1) is 12.9. The van der Waals surface area contributed by atoms with Crippen molar-refractivity contribution in [2.45, 2.75) is 46.1 Å². The monoisotopic (exact) mass is 368 g/mol. The van der Waals surface area contributed by atoms with Gasteiger partial charge >= 0.3 is 0 Å². The average molecular weight is 368 g/mol. The fourth-order valence-electron chi connectivity index (χ4n) is 2.99. The summed E-state index contributed by atoms with van der Waals surface area (Å²) in [5, 5.41) is 4.48. The molecule has 0 bridgehead atoms. The molecule has 0 fully saturated rings. The first kappa shape index (κ1) is 18.8. The van der Waals surface area contributed by atoms with E-state index < -0.39 is 0 Å². The molecule has 0 saturated carbocycles. The summed E-state index contributed by atoms with van der Waals surface area (Å²) < 4.78 is 3.10. The highest BCUT2D eigenvalue weighted by atomic mass is 16.2. The van der Waals surface area contributed by atoms with Crippen LogP contribution in [0.15, 0.2) is 35.6 Å². The molecule has 8 nitrogen and oxygen atoms in total. The minimum atomic E-state index is -0.275. The van der Waals surface area contributed by atoms with E-state index >= 15 is 0 Å². The van der Waals surface area contributed by atoms with Crippen LogP contribution in [0.3, 0.4) is 0 Å². The second-order valence-electron chi connectivity index (χ2n) is 6.85. The molecule has 8 heteroatoms. The Balaban J connectivity index is 2.00. The molecule has 0 aliphatic carbocycles. The Labute approximate surface area is 157 Å². The highest BCUT2D eigenvalue weighted by molar-refractivity contribution is 5.91. The number of carbonyl (C=O) groups is 1. The lowest BCUT2D eigenvalue weighted by Crippen LogP contribution is -2.36. The van der Waals surface area contributed by atoms with Crippen molar-refractivity contribution in [1.29, 1.82) is 0 Å². The first-order valence-electron chi connectivity index (χ1n) is 9.07. The van der Waals surface area contributed by atoms with Crippen LogP contribution in [0.25, 0.3) is 5.52 Å². The number of aromatic nitrogens is 5. The second-order valence-corrected chi connectivity index (χ2v) is 6.85. The third-order valence-electron chi connectivity index (χ3n) is 4.42. The number of hydrogen-bond donors (Lipinski definition) is 0. The van der Waals surface area contributed by atoms with Crippen LogP contribution in [0, 0.1) is 0 Å². The summed E-state index contributed by atoms with van der Waals surface area (Å²) in [5.41, 5.74) is 1.38. The third-order valence-corrected chi connectivity index (χ3v) is 4.42. The van der Waals surface area contributed by atoms with Crippen molar-refractivity contribution in [2.75, 3.05) is 11.9 Å². The molecular formula is C19H24N6O2. The van der Waals surface area contributed by atoms with Gasteiger partial charge in [0, 0.05) is 25.4 Å². The van der Waals surface area contributed by atoms with Gasteiger partial charge in [-0.1, -0.05) is 27.2 Å². The molecule has 0 N–H and O–H groups in total. The average Bonchev–Trinajstić information content (AvgIpc) is 3.08. The van der Waals surface area contributed by atoms with Gasteiger partial charge in [-0.25, -0.2) is 14.6 Å². The Bertz CT molecular complexity index is 1010. The van der Waals surface area contributed by atoms with E-state index in [0.717, 1.165) is 24.2 Å². The Morgan fingerprint density at radius 1 is 1.33 bits per heavy atom. The van der Waals surface area contributed by atoms with Crippen LogP contribution in [0.5, 0.6) is 0 Å². The van der Waals surface area contributed by atoms with Crippen LogP contribution in [0.4, 0.5) is 5.82 Å². The number of amides is 1. The van der Waals surface area contributed by atoms with E-state index in [2.05, 4.69) is 22.0 Å². The fraction of sp³-hybridized carbons (Fsp3) is 0.421. The summed E-state index contributed by atoms with van der Waals surface area (Å²) in [6.45, 7) is 5.99. The quantitative estimate of drug-likeness (QED) is 0.664. The SMILES string of the molecule is CCCc1cc2c(=O)n(CC(=O)N(C)c3ccncn3)nc(C(C)C)n2c1. The summed E-state index contributed by atoms with van der Waals surface area (Å²) >= 11 is 0. The maximum absolute atomic E-state index is 12.9. The van der Waals surface area contributed by atoms with E-state index in [1.54, 1.807) is 19.3 Å². The van der Waals surface area contributed by atoms with Crippen molar-refractivity contribution < 1.29 is 4.79 Å². The molecule has 1 amide bonds. The highest BCUT2D eigenvalue weighted by Gasteiger charge is 2.18. The highest BCUT2D eigenvalue weighted by Crippen LogP contribution is 2.16. The molecule has 0 aliphatic heterocycles. The Morgan fingerprint density at radius 3 is 2.74 bits per heavy atom. The normalized spacial score (nSPS) is 11.3. The van der Waals surface area contributed by atoms with E-state index in [1.807, 2.05) is 30.5 Å². The third kappa shape index (κ3) is 3.74. The zero-order valence-corrected chi connectivity index (χ0v) is 16.1. The molecule has 27 heavy (non-hydrogen) atoms. The first-order valence-corrected chi connectivity index (χ1v) is 9.07. The van der Waals surface area contributed by atoms with Gasteiger partial charge in [-0.15, -0.1) is 0 Å². The predicted octanol–water partition coefficient (Wildman–Crippen LogP) is 2.02. The van der Waals surface area contributed by atoms with Crippen LogP contribution in [-0.2, 0) is 17.8 Å². The number of likely N-dealkylation sites (N-methyl/N-ethyl adjacent to an activating group) is 1. The number of rotatable bonds is 6. The van der Waals surface area contributed by atoms with Gasteiger partial charge in [0.15, 0.2) is 0 Å². The van der Waals surface area contributed by atoms with Gasteiger partial charge in [0.05, 0.1) is 0 Å². The van der Waals surface area contributed by atoms with Crippen LogP contribution in [-0.4, -0.2) is 37.1 Å². The van der Waals surface area contributed by atoms with E-state index in [9.17, 15) is 9.59 Å². The summed E-state index contributed by atoms with van der Waals surface area (Å²) in [6.07, 6.45) is 6.81. The lowest BCUT2D eigenvalue weighted by Gasteiger charge is -2.17. The van der Waals surface area contributed by atoms with Crippen molar-refractivity contribution in [1.82, 2.24) is 24.1 Å². The number of fused-ring (bicyclic) bond motifs is 1. The summed E-state index contributed by atoms with van der Waals surface area (Å²) in [6, 6.07) is 3.54. The van der Waals surface area contributed by atoms with E-state index in [-0.39, 0.29) is 23.9 Å². The lowest BCUT2D eigenvalue weighted by atomic mass is 10.2. The molecule has 3 aromatic heterocycles. The smallest absolute Gasteiger partial charge is 0.291 e. The van der Waals surface area contributed by atoms with Gasteiger partial charge in [0.1, 0.15) is 30.0 Å². The van der Waals surface area contributed by atoms with Gasteiger partial charge in [0.25, 0.3) is 5.56 Å². The van der Waals surface area contributed by atoms with E-state index in [4.69, 9.17) is 0 Å². The Hall–Kier alpha value is -3.03.